The number of H-pyrrole nitrogens is 1. The summed E-state index contributed by atoms with van der Waals surface area (Å²) in [6.45, 7) is 2.63. The van der Waals surface area contributed by atoms with Gasteiger partial charge in [0.25, 0.3) is 0 Å². The average Bonchev–Trinajstić information content (AvgIpc) is 2.87. The Balaban J connectivity index is 2.31. The Morgan fingerprint density at radius 1 is 1.64 bits per heavy atom. The van der Waals surface area contributed by atoms with E-state index in [-0.39, 0.29) is 0 Å². The van der Waals surface area contributed by atoms with Crippen LogP contribution in [0.1, 0.15) is 24.4 Å². The number of aromatic nitrogens is 5. The lowest BCUT2D eigenvalue weighted by atomic mass is 10.2. The molecule has 0 fully saturated rings. The SMILES string of the molecule is CCn1ncnc1C(O)c1cn[nH]c1. The van der Waals surface area contributed by atoms with Crippen LogP contribution < -0.4 is 0 Å². The van der Waals surface area contributed by atoms with E-state index in [2.05, 4.69) is 20.3 Å². The molecule has 2 aromatic rings. The van der Waals surface area contributed by atoms with Crippen LogP contribution >= 0.6 is 0 Å². The molecule has 0 radical (unpaired) electrons. The van der Waals surface area contributed by atoms with Crippen molar-refractivity contribution < 1.29 is 5.11 Å². The first-order valence-electron chi connectivity index (χ1n) is 4.37. The summed E-state index contributed by atoms with van der Waals surface area (Å²) in [5.41, 5.74) is 0.688. The van der Waals surface area contributed by atoms with Gasteiger partial charge in [0, 0.05) is 18.3 Å². The molecule has 0 aliphatic carbocycles. The number of rotatable bonds is 3. The van der Waals surface area contributed by atoms with E-state index in [1.807, 2.05) is 6.92 Å². The second kappa shape index (κ2) is 3.59. The molecule has 2 rings (SSSR count). The predicted molar refractivity (Wildman–Crippen MR) is 48.3 cm³/mol. The van der Waals surface area contributed by atoms with Crippen molar-refractivity contribution >= 4 is 0 Å². The van der Waals surface area contributed by atoms with E-state index < -0.39 is 6.10 Å². The van der Waals surface area contributed by atoms with Crippen LogP contribution in [0.25, 0.3) is 0 Å². The fraction of sp³-hybridized carbons (Fsp3) is 0.375. The third-order valence-corrected chi connectivity index (χ3v) is 2.02. The minimum absolute atomic E-state index is 0.536. The van der Waals surface area contributed by atoms with Gasteiger partial charge in [0.1, 0.15) is 12.4 Å². The first kappa shape index (κ1) is 8.89. The van der Waals surface area contributed by atoms with E-state index in [1.165, 1.54) is 6.33 Å². The van der Waals surface area contributed by atoms with Gasteiger partial charge in [-0.3, -0.25) is 5.10 Å². The Morgan fingerprint density at radius 3 is 3.14 bits per heavy atom. The van der Waals surface area contributed by atoms with Crippen LogP contribution in [0.4, 0.5) is 0 Å². The lowest BCUT2D eigenvalue weighted by Crippen LogP contribution is -2.09. The Morgan fingerprint density at radius 2 is 2.50 bits per heavy atom. The highest BCUT2D eigenvalue weighted by Crippen LogP contribution is 2.17. The lowest BCUT2D eigenvalue weighted by molar-refractivity contribution is 0.203. The van der Waals surface area contributed by atoms with Crippen LogP contribution in [-0.4, -0.2) is 30.1 Å². The summed E-state index contributed by atoms with van der Waals surface area (Å²) >= 11 is 0. The van der Waals surface area contributed by atoms with E-state index in [9.17, 15) is 5.11 Å². The maximum Gasteiger partial charge on any atom is 0.160 e. The highest BCUT2D eigenvalue weighted by atomic mass is 16.3. The van der Waals surface area contributed by atoms with Crippen LogP contribution in [0.15, 0.2) is 18.7 Å². The smallest absolute Gasteiger partial charge is 0.160 e. The second-order valence-corrected chi connectivity index (χ2v) is 2.87. The maximum atomic E-state index is 9.90. The summed E-state index contributed by atoms with van der Waals surface area (Å²) in [6, 6.07) is 0. The summed E-state index contributed by atoms with van der Waals surface area (Å²) in [4.78, 5) is 4.00. The number of nitrogens with one attached hydrogen (secondary N) is 1. The van der Waals surface area contributed by atoms with E-state index in [4.69, 9.17) is 0 Å². The van der Waals surface area contributed by atoms with Gasteiger partial charge >= 0.3 is 0 Å². The molecular weight excluding hydrogens is 182 g/mol. The molecule has 0 saturated carbocycles. The number of nitrogens with zero attached hydrogens (tertiary/aromatic N) is 4. The minimum atomic E-state index is -0.767. The monoisotopic (exact) mass is 193 g/mol. The molecule has 2 N–H and O–H groups in total. The molecule has 0 aliphatic rings. The molecule has 2 heterocycles. The Labute approximate surface area is 80.6 Å². The van der Waals surface area contributed by atoms with Gasteiger partial charge in [-0.05, 0) is 6.92 Å². The van der Waals surface area contributed by atoms with Gasteiger partial charge in [-0.15, -0.1) is 0 Å². The molecule has 0 spiro atoms. The van der Waals surface area contributed by atoms with Crippen LogP contribution in [0, 0.1) is 0 Å². The molecule has 0 amide bonds. The molecule has 1 unspecified atom stereocenters. The second-order valence-electron chi connectivity index (χ2n) is 2.87. The molecule has 74 valence electrons. The number of hydrogen-bond acceptors (Lipinski definition) is 4. The number of aryl methyl sites for hydroxylation is 1. The molecule has 0 bridgehead atoms. The molecule has 6 nitrogen and oxygen atoms in total. The fourth-order valence-electron chi connectivity index (χ4n) is 1.29. The first-order valence-corrected chi connectivity index (χ1v) is 4.37. The maximum absolute atomic E-state index is 9.90. The summed E-state index contributed by atoms with van der Waals surface area (Å²) < 4.78 is 1.65. The number of aliphatic hydroxyl groups is 1. The van der Waals surface area contributed by atoms with E-state index in [0.717, 1.165) is 0 Å². The van der Waals surface area contributed by atoms with Crippen molar-refractivity contribution in [2.75, 3.05) is 0 Å². The van der Waals surface area contributed by atoms with Crippen molar-refractivity contribution in [3.05, 3.63) is 30.1 Å². The molecule has 1 atom stereocenters. The van der Waals surface area contributed by atoms with Crippen LogP contribution in [0.5, 0.6) is 0 Å². The predicted octanol–water partition coefficient (Wildman–Crippen LogP) is 0.103. The number of hydrogen-bond donors (Lipinski definition) is 2. The van der Waals surface area contributed by atoms with Gasteiger partial charge in [-0.2, -0.15) is 10.2 Å². The summed E-state index contributed by atoms with van der Waals surface area (Å²) in [7, 11) is 0. The van der Waals surface area contributed by atoms with Crippen LogP contribution in [0.2, 0.25) is 0 Å². The third-order valence-electron chi connectivity index (χ3n) is 2.02. The van der Waals surface area contributed by atoms with Crippen LogP contribution in [0.3, 0.4) is 0 Å². The molecule has 2 aromatic heterocycles. The number of aliphatic hydroxyl groups excluding tert-OH is 1. The van der Waals surface area contributed by atoms with Crippen LogP contribution in [-0.2, 0) is 6.54 Å². The zero-order chi connectivity index (χ0) is 9.97. The van der Waals surface area contributed by atoms with Crippen molar-refractivity contribution in [1.29, 1.82) is 0 Å². The van der Waals surface area contributed by atoms with E-state index >= 15 is 0 Å². The quantitative estimate of drug-likeness (QED) is 0.724. The molecule has 0 saturated heterocycles. The van der Waals surface area contributed by atoms with Gasteiger partial charge in [0.2, 0.25) is 0 Å². The topological polar surface area (TPSA) is 79.6 Å². The summed E-state index contributed by atoms with van der Waals surface area (Å²) in [5, 5.41) is 20.3. The standard InChI is InChI=1S/C8H11N5O/c1-2-13-8(9-5-12-13)7(14)6-3-10-11-4-6/h3-5,7,14H,2H2,1H3,(H,10,11). The first-order chi connectivity index (χ1) is 6.83. The van der Waals surface area contributed by atoms with E-state index in [0.29, 0.717) is 17.9 Å². The minimum Gasteiger partial charge on any atom is -0.380 e. The van der Waals surface area contributed by atoms with E-state index in [1.54, 1.807) is 17.1 Å². The highest BCUT2D eigenvalue weighted by Gasteiger charge is 2.16. The molecule has 0 aromatic carbocycles. The Kier molecular flexibility index (Phi) is 2.28. The molecule has 6 heteroatoms. The Bertz CT molecular complexity index is 394. The molecule has 14 heavy (non-hydrogen) atoms. The third kappa shape index (κ3) is 1.39. The van der Waals surface area contributed by atoms with Gasteiger partial charge in [-0.25, -0.2) is 9.67 Å². The number of aromatic amines is 1. The zero-order valence-corrected chi connectivity index (χ0v) is 7.75. The van der Waals surface area contributed by atoms with Gasteiger partial charge in [0.05, 0.1) is 6.20 Å². The summed E-state index contributed by atoms with van der Waals surface area (Å²) in [5.74, 6) is 0.536. The fourth-order valence-corrected chi connectivity index (χ4v) is 1.29. The largest absolute Gasteiger partial charge is 0.380 e. The van der Waals surface area contributed by atoms with Crippen molar-refractivity contribution in [2.45, 2.75) is 19.6 Å². The highest BCUT2D eigenvalue weighted by molar-refractivity contribution is 5.15. The average molecular weight is 193 g/mol. The van der Waals surface area contributed by atoms with Gasteiger partial charge < -0.3 is 5.11 Å². The van der Waals surface area contributed by atoms with Crippen molar-refractivity contribution in [2.24, 2.45) is 0 Å². The normalized spacial score (nSPS) is 13.0. The van der Waals surface area contributed by atoms with Gasteiger partial charge in [-0.1, -0.05) is 0 Å². The van der Waals surface area contributed by atoms with Gasteiger partial charge in [0.15, 0.2) is 5.82 Å². The molecular formula is C8H11N5O. The van der Waals surface area contributed by atoms with Crippen molar-refractivity contribution in [1.82, 2.24) is 25.0 Å². The molecule has 0 aliphatic heterocycles. The van der Waals surface area contributed by atoms with Crippen molar-refractivity contribution in [3.63, 3.8) is 0 Å². The zero-order valence-electron chi connectivity index (χ0n) is 7.75. The summed E-state index contributed by atoms with van der Waals surface area (Å²) in [6.07, 6.45) is 3.87. The Hall–Kier alpha value is -1.69. The van der Waals surface area contributed by atoms with Crippen molar-refractivity contribution in [3.8, 4) is 0 Å². The lowest BCUT2D eigenvalue weighted by Gasteiger charge is -2.07.